The number of aryl methyl sites for hydroxylation is 1. The van der Waals surface area contributed by atoms with Crippen LogP contribution >= 0.6 is 0 Å². The SMILES string of the molecule is Cc1cc(CO)ccc1N1CCCCCC1CO. The molecule has 0 aromatic heterocycles. The van der Waals surface area contributed by atoms with E-state index >= 15 is 0 Å². The normalized spacial score (nSPS) is 20.8. The molecule has 1 aromatic carbocycles. The number of anilines is 1. The van der Waals surface area contributed by atoms with Crippen molar-refractivity contribution in [3.05, 3.63) is 29.3 Å². The van der Waals surface area contributed by atoms with Crippen molar-refractivity contribution in [3.8, 4) is 0 Å². The van der Waals surface area contributed by atoms with Crippen molar-refractivity contribution in [2.45, 2.75) is 45.3 Å². The summed E-state index contributed by atoms with van der Waals surface area (Å²) in [5.74, 6) is 0. The van der Waals surface area contributed by atoms with Crippen molar-refractivity contribution in [3.63, 3.8) is 0 Å². The average Bonchev–Trinajstić information content (AvgIpc) is 2.63. The lowest BCUT2D eigenvalue weighted by molar-refractivity contribution is 0.255. The van der Waals surface area contributed by atoms with Crippen molar-refractivity contribution in [2.24, 2.45) is 0 Å². The number of hydrogen-bond acceptors (Lipinski definition) is 3. The lowest BCUT2D eigenvalue weighted by atomic mass is 10.1. The number of benzene rings is 1. The van der Waals surface area contributed by atoms with Crippen LogP contribution in [0.2, 0.25) is 0 Å². The molecule has 0 aliphatic carbocycles. The molecule has 0 saturated carbocycles. The number of hydrogen-bond donors (Lipinski definition) is 2. The highest BCUT2D eigenvalue weighted by atomic mass is 16.3. The molecular formula is C15H23NO2. The molecule has 1 unspecified atom stereocenters. The van der Waals surface area contributed by atoms with E-state index in [-0.39, 0.29) is 19.3 Å². The van der Waals surface area contributed by atoms with Crippen molar-refractivity contribution in [2.75, 3.05) is 18.1 Å². The first-order valence-corrected chi connectivity index (χ1v) is 6.84. The zero-order valence-electron chi connectivity index (χ0n) is 11.1. The van der Waals surface area contributed by atoms with Gasteiger partial charge in [-0.15, -0.1) is 0 Å². The van der Waals surface area contributed by atoms with Crippen molar-refractivity contribution >= 4 is 5.69 Å². The van der Waals surface area contributed by atoms with Gasteiger partial charge in [0.05, 0.1) is 19.3 Å². The van der Waals surface area contributed by atoms with Gasteiger partial charge in [0.2, 0.25) is 0 Å². The van der Waals surface area contributed by atoms with Crippen LogP contribution in [0.25, 0.3) is 0 Å². The lowest BCUT2D eigenvalue weighted by Gasteiger charge is -2.32. The number of rotatable bonds is 3. The fraction of sp³-hybridized carbons (Fsp3) is 0.600. The molecule has 2 rings (SSSR count). The van der Waals surface area contributed by atoms with E-state index in [0.29, 0.717) is 0 Å². The van der Waals surface area contributed by atoms with Gasteiger partial charge in [-0.25, -0.2) is 0 Å². The van der Waals surface area contributed by atoms with Crippen LogP contribution < -0.4 is 4.90 Å². The summed E-state index contributed by atoms with van der Waals surface area (Å²) in [6, 6.07) is 6.33. The summed E-state index contributed by atoms with van der Waals surface area (Å²) < 4.78 is 0. The van der Waals surface area contributed by atoms with Gasteiger partial charge in [-0.1, -0.05) is 25.0 Å². The van der Waals surface area contributed by atoms with E-state index in [9.17, 15) is 5.11 Å². The molecule has 0 radical (unpaired) electrons. The predicted octanol–water partition coefficient (Wildman–Crippen LogP) is 2.23. The quantitative estimate of drug-likeness (QED) is 0.863. The van der Waals surface area contributed by atoms with Gasteiger partial charge in [-0.2, -0.15) is 0 Å². The average molecular weight is 249 g/mol. The zero-order valence-corrected chi connectivity index (χ0v) is 11.1. The highest BCUT2D eigenvalue weighted by Crippen LogP contribution is 2.27. The summed E-state index contributed by atoms with van der Waals surface area (Å²) in [7, 11) is 0. The second-order valence-electron chi connectivity index (χ2n) is 5.16. The Morgan fingerprint density at radius 3 is 2.72 bits per heavy atom. The molecule has 3 nitrogen and oxygen atoms in total. The fourth-order valence-electron chi connectivity index (χ4n) is 2.82. The molecule has 18 heavy (non-hydrogen) atoms. The second-order valence-corrected chi connectivity index (χ2v) is 5.16. The van der Waals surface area contributed by atoms with Gasteiger partial charge in [0.25, 0.3) is 0 Å². The first-order chi connectivity index (χ1) is 8.76. The van der Waals surface area contributed by atoms with Crippen LogP contribution in [-0.2, 0) is 6.61 Å². The molecule has 0 spiro atoms. The molecule has 1 fully saturated rings. The Labute approximate surface area is 109 Å². The number of nitrogens with zero attached hydrogens (tertiary/aromatic N) is 1. The van der Waals surface area contributed by atoms with Gasteiger partial charge in [-0.05, 0) is 37.0 Å². The Morgan fingerprint density at radius 2 is 2.06 bits per heavy atom. The van der Waals surface area contributed by atoms with Crippen LogP contribution in [0.1, 0.15) is 36.8 Å². The summed E-state index contributed by atoms with van der Waals surface area (Å²) in [4.78, 5) is 2.34. The topological polar surface area (TPSA) is 43.7 Å². The molecule has 2 N–H and O–H groups in total. The van der Waals surface area contributed by atoms with Crippen LogP contribution in [0.15, 0.2) is 18.2 Å². The Kier molecular flexibility index (Phi) is 4.61. The molecule has 1 aliphatic heterocycles. The standard InChI is InChI=1S/C15H23NO2/c1-12-9-13(10-17)6-7-15(12)16-8-4-2-3-5-14(16)11-18/h6-7,9,14,17-18H,2-5,8,10-11H2,1H3. The van der Waals surface area contributed by atoms with Crippen LogP contribution in [-0.4, -0.2) is 29.4 Å². The Hall–Kier alpha value is -1.06. The molecule has 1 saturated heterocycles. The minimum absolute atomic E-state index is 0.0878. The monoisotopic (exact) mass is 249 g/mol. The molecular weight excluding hydrogens is 226 g/mol. The summed E-state index contributed by atoms with van der Waals surface area (Å²) in [6.07, 6.45) is 4.71. The van der Waals surface area contributed by atoms with Gasteiger partial charge >= 0.3 is 0 Å². The highest BCUT2D eigenvalue weighted by Gasteiger charge is 2.21. The molecule has 0 amide bonds. The smallest absolute Gasteiger partial charge is 0.0681 e. The van der Waals surface area contributed by atoms with Crippen LogP contribution in [0.5, 0.6) is 0 Å². The minimum Gasteiger partial charge on any atom is -0.394 e. The van der Waals surface area contributed by atoms with E-state index in [2.05, 4.69) is 17.9 Å². The van der Waals surface area contributed by atoms with Gasteiger partial charge in [0.15, 0.2) is 0 Å². The minimum atomic E-state index is 0.0878. The maximum Gasteiger partial charge on any atom is 0.0681 e. The van der Waals surface area contributed by atoms with E-state index in [1.807, 2.05) is 12.1 Å². The van der Waals surface area contributed by atoms with Crippen molar-refractivity contribution in [1.82, 2.24) is 0 Å². The summed E-state index contributed by atoms with van der Waals surface area (Å²) in [6.45, 7) is 3.41. The maximum absolute atomic E-state index is 9.56. The Bertz CT molecular complexity index is 392. The predicted molar refractivity (Wildman–Crippen MR) is 73.8 cm³/mol. The highest BCUT2D eigenvalue weighted by molar-refractivity contribution is 5.55. The maximum atomic E-state index is 9.56. The third-order valence-electron chi connectivity index (χ3n) is 3.84. The lowest BCUT2D eigenvalue weighted by Crippen LogP contribution is -2.38. The van der Waals surface area contributed by atoms with E-state index < -0.39 is 0 Å². The van der Waals surface area contributed by atoms with Gasteiger partial charge < -0.3 is 15.1 Å². The number of aliphatic hydroxyl groups is 2. The third-order valence-corrected chi connectivity index (χ3v) is 3.84. The Balaban J connectivity index is 2.27. The summed E-state index contributed by atoms with van der Waals surface area (Å²) in [5.41, 5.74) is 3.33. The molecule has 3 heteroatoms. The van der Waals surface area contributed by atoms with E-state index in [0.717, 1.165) is 18.5 Å². The molecule has 0 bridgehead atoms. The van der Waals surface area contributed by atoms with Crippen molar-refractivity contribution in [1.29, 1.82) is 0 Å². The van der Waals surface area contributed by atoms with Gasteiger partial charge in [-0.3, -0.25) is 0 Å². The molecule has 1 aromatic rings. The largest absolute Gasteiger partial charge is 0.394 e. The molecule has 1 atom stereocenters. The van der Waals surface area contributed by atoms with Crippen molar-refractivity contribution < 1.29 is 10.2 Å². The van der Waals surface area contributed by atoms with E-state index in [4.69, 9.17) is 5.11 Å². The summed E-state index contributed by atoms with van der Waals surface area (Å²) >= 11 is 0. The molecule has 100 valence electrons. The van der Waals surface area contributed by atoms with Crippen LogP contribution in [0, 0.1) is 6.92 Å². The van der Waals surface area contributed by atoms with Gasteiger partial charge in [0.1, 0.15) is 0 Å². The third kappa shape index (κ3) is 2.85. The van der Waals surface area contributed by atoms with Gasteiger partial charge in [0, 0.05) is 12.2 Å². The Morgan fingerprint density at radius 1 is 1.22 bits per heavy atom. The van der Waals surface area contributed by atoms with E-state index in [1.54, 1.807) is 0 Å². The fourth-order valence-corrected chi connectivity index (χ4v) is 2.82. The first-order valence-electron chi connectivity index (χ1n) is 6.84. The van der Waals surface area contributed by atoms with Crippen LogP contribution in [0.3, 0.4) is 0 Å². The first kappa shape index (κ1) is 13.4. The number of aliphatic hydroxyl groups excluding tert-OH is 2. The second kappa shape index (κ2) is 6.21. The van der Waals surface area contributed by atoms with Crippen LogP contribution in [0.4, 0.5) is 5.69 Å². The molecule has 1 heterocycles. The summed E-state index contributed by atoms with van der Waals surface area (Å²) in [5, 5.41) is 18.7. The zero-order chi connectivity index (χ0) is 13.0. The van der Waals surface area contributed by atoms with E-state index in [1.165, 1.54) is 30.5 Å². The molecule has 1 aliphatic rings.